The third-order valence-electron chi connectivity index (χ3n) is 3.88. The van der Waals surface area contributed by atoms with Gasteiger partial charge in [0.05, 0.1) is 17.2 Å². The van der Waals surface area contributed by atoms with Crippen LogP contribution in [0.25, 0.3) is 0 Å². The largest absolute Gasteiger partial charge is 0.462 e. The highest BCUT2D eigenvalue weighted by Gasteiger charge is 2.24. The number of carbonyl (C=O) groups excluding carboxylic acids is 2. The summed E-state index contributed by atoms with van der Waals surface area (Å²) in [5, 5.41) is 2.34. The number of nitrogens with one attached hydrogen (secondary N) is 1. The lowest BCUT2D eigenvalue weighted by Crippen LogP contribution is -2.10. The molecule has 29 heavy (non-hydrogen) atoms. The summed E-state index contributed by atoms with van der Waals surface area (Å²) in [6, 6.07) is 8.79. The zero-order chi connectivity index (χ0) is 21.2. The maximum absolute atomic E-state index is 12.6. The van der Waals surface area contributed by atoms with Crippen LogP contribution in [0.15, 0.2) is 50.8 Å². The van der Waals surface area contributed by atoms with Crippen molar-refractivity contribution in [2.45, 2.75) is 30.8 Å². The normalized spacial score (nSPS) is 11.3. The molecule has 3 aromatic rings. The number of hydrogen-bond acceptors (Lipinski definition) is 8. The molecule has 8 nitrogen and oxygen atoms in total. The van der Waals surface area contributed by atoms with Crippen LogP contribution in [0.4, 0.5) is 5.13 Å². The molecule has 0 bridgehead atoms. The first-order valence-electron chi connectivity index (χ1n) is 8.60. The molecular weight excluding hydrogens is 416 g/mol. The first-order chi connectivity index (χ1) is 13.7. The molecule has 1 amide bonds. The maximum atomic E-state index is 12.6. The number of amides is 1. The zero-order valence-corrected chi connectivity index (χ0v) is 17.5. The van der Waals surface area contributed by atoms with E-state index in [4.69, 9.17) is 9.15 Å². The topological polar surface area (TPSA) is 116 Å². The summed E-state index contributed by atoms with van der Waals surface area (Å²) < 4.78 is 35.5. The van der Waals surface area contributed by atoms with E-state index in [2.05, 4.69) is 10.3 Å². The zero-order valence-electron chi connectivity index (χ0n) is 15.9. The van der Waals surface area contributed by atoms with Gasteiger partial charge in [0, 0.05) is 0 Å². The van der Waals surface area contributed by atoms with Gasteiger partial charge in [0.25, 0.3) is 5.91 Å². The van der Waals surface area contributed by atoms with Crippen molar-refractivity contribution in [2.75, 3.05) is 11.9 Å². The van der Waals surface area contributed by atoms with Crippen LogP contribution in [0, 0.1) is 13.8 Å². The fraction of sp³-hybridized carbons (Fsp3) is 0.211. The van der Waals surface area contributed by atoms with Gasteiger partial charge in [-0.3, -0.25) is 10.1 Å². The third-order valence-corrected chi connectivity index (χ3v) is 6.57. The molecule has 0 radical (unpaired) electrons. The van der Waals surface area contributed by atoms with Crippen molar-refractivity contribution < 1.29 is 27.2 Å². The number of rotatable bonds is 6. The minimum absolute atomic E-state index is 0.0686. The SMILES string of the molecule is CCOC(=O)c1sc(NC(=O)c2ccc(S(=O)(=O)c3ccc(C)cc3)o2)nc1C. The number of thiazole rings is 1. The van der Waals surface area contributed by atoms with E-state index in [-0.39, 0.29) is 32.4 Å². The summed E-state index contributed by atoms with van der Waals surface area (Å²) in [5.74, 6) is -1.40. The van der Waals surface area contributed by atoms with Crippen LogP contribution in [0.1, 0.15) is 38.4 Å². The van der Waals surface area contributed by atoms with Crippen LogP contribution in [0.5, 0.6) is 0 Å². The monoisotopic (exact) mass is 434 g/mol. The van der Waals surface area contributed by atoms with Gasteiger partial charge >= 0.3 is 5.97 Å². The van der Waals surface area contributed by atoms with E-state index in [9.17, 15) is 18.0 Å². The summed E-state index contributed by atoms with van der Waals surface area (Å²) in [4.78, 5) is 28.7. The predicted molar refractivity (Wildman–Crippen MR) is 106 cm³/mol. The molecule has 0 unspecified atom stereocenters. The first-order valence-corrected chi connectivity index (χ1v) is 10.9. The Morgan fingerprint density at radius 2 is 1.83 bits per heavy atom. The molecule has 152 valence electrons. The number of sulfone groups is 1. The van der Waals surface area contributed by atoms with Crippen LogP contribution in [-0.4, -0.2) is 31.9 Å². The second-order valence-electron chi connectivity index (χ2n) is 6.04. The lowest BCUT2D eigenvalue weighted by atomic mass is 10.2. The molecular formula is C19H18N2O6S2. The number of furan rings is 1. The summed E-state index contributed by atoms with van der Waals surface area (Å²) >= 11 is 0.964. The van der Waals surface area contributed by atoms with E-state index in [0.29, 0.717) is 5.69 Å². The Morgan fingerprint density at radius 3 is 2.48 bits per heavy atom. The fourth-order valence-corrected chi connectivity index (χ4v) is 4.44. The second-order valence-corrected chi connectivity index (χ2v) is 8.92. The Kier molecular flexibility index (Phi) is 5.85. The molecule has 1 N–H and O–H groups in total. The van der Waals surface area contributed by atoms with E-state index in [1.807, 2.05) is 6.92 Å². The molecule has 2 heterocycles. The third kappa shape index (κ3) is 4.38. The van der Waals surface area contributed by atoms with Gasteiger partial charge in [-0.05, 0) is 45.0 Å². The second kappa shape index (κ2) is 8.18. The highest BCUT2D eigenvalue weighted by atomic mass is 32.2. The fourth-order valence-electron chi connectivity index (χ4n) is 2.41. The molecule has 10 heteroatoms. The maximum Gasteiger partial charge on any atom is 0.350 e. The van der Waals surface area contributed by atoms with E-state index >= 15 is 0 Å². The Bertz CT molecular complexity index is 1160. The average molecular weight is 434 g/mol. The molecule has 3 rings (SSSR count). The molecule has 0 saturated carbocycles. The molecule has 0 spiro atoms. The molecule has 0 aliphatic heterocycles. The predicted octanol–water partition coefficient (Wildman–Crippen LogP) is 3.61. The number of anilines is 1. The van der Waals surface area contributed by atoms with Crippen LogP contribution >= 0.6 is 11.3 Å². The number of hydrogen-bond donors (Lipinski definition) is 1. The highest BCUT2D eigenvalue weighted by molar-refractivity contribution is 7.91. The summed E-state index contributed by atoms with van der Waals surface area (Å²) in [6.07, 6.45) is 0. The van der Waals surface area contributed by atoms with Gasteiger partial charge in [-0.15, -0.1) is 0 Å². The van der Waals surface area contributed by atoms with Gasteiger partial charge in [0.1, 0.15) is 4.88 Å². The number of carbonyl (C=O) groups is 2. The summed E-state index contributed by atoms with van der Waals surface area (Å²) in [6.45, 7) is 5.38. The van der Waals surface area contributed by atoms with Crippen molar-refractivity contribution in [3.05, 3.63) is 58.3 Å². The number of nitrogens with zero attached hydrogens (tertiary/aromatic N) is 1. The van der Waals surface area contributed by atoms with Gasteiger partial charge in [0.15, 0.2) is 10.9 Å². The molecule has 0 fully saturated rings. The number of benzene rings is 1. The van der Waals surface area contributed by atoms with Crippen molar-refractivity contribution in [1.29, 1.82) is 0 Å². The lowest BCUT2D eigenvalue weighted by Gasteiger charge is -2.02. The number of aromatic nitrogens is 1. The average Bonchev–Trinajstić information content (AvgIpc) is 3.30. The van der Waals surface area contributed by atoms with Gasteiger partial charge in [0.2, 0.25) is 14.9 Å². The number of ether oxygens (including phenoxy) is 1. The van der Waals surface area contributed by atoms with Crippen molar-refractivity contribution in [2.24, 2.45) is 0 Å². The van der Waals surface area contributed by atoms with Crippen LogP contribution < -0.4 is 5.32 Å². The van der Waals surface area contributed by atoms with Crippen molar-refractivity contribution in [1.82, 2.24) is 4.98 Å². The number of esters is 1. The van der Waals surface area contributed by atoms with Crippen LogP contribution in [-0.2, 0) is 14.6 Å². The Morgan fingerprint density at radius 1 is 1.14 bits per heavy atom. The highest BCUT2D eigenvalue weighted by Crippen LogP contribution is 2.26. The Hall–Kier alpha value is -2.98. The van der Waals surface area contributed by atoms with Crippen molar-refractivity contribution in [3.63, 3.8) is 0 Å². The van der Waals surface area contributed by atoms with Gasteiger partial charge in [-0.1, -0.05) is 29.0 Å². The summed E-state index contributed by atoms with van der Waals surface area (Å²) in [5.41, 5.74) is 1.34. The first kappa shape index (κ1) is 20.7. The Labute approximate surface area is 171 Å². The molecule has 0 aliphatic carbocycles. The molecule has 0 saturated heterocycles. The van der Waals surface area contributed by atoms with Crippen LogP contribution in [0.2, 0.25) is 0 Å². The molecule has 2 aromatic heterocycles. The van der Waals surface area contributed by atoms with Gasteiger partial charge < -0.3 is 9.15 Å². The van der Waals surface area contributed by atoms with Crippen molar-refractivity contribution >= 4 is 38.2 Å². The lowest BCUT2D eigenvalue weighted by molar-refractivity contribution is 0.0531. The van der Waals surface area contributed by atoms with E-state index < -0.39 is 21.7 Å². The van der Waals surface area contributed by atoms with Crippen molar-refractivity contribution in [3.8, 4) is 0 Å². The van der Waals surface area contributed by atoms with E-state index in [0.717, 1.165) is 16.9 Å². The van der Waals surface area contributed by atoms with E-state index in [1.165, 1.54) is 24.3 Å². The Balaban J connectivity index is 1.79. The summed E-state index contributed by atoms with van der Waals surface area (Å²) in [7, 11) is -3.88. The minimum Gasteiger partial charge on any atom is -0.462 e. The van der Waals surface area contributed by atoms with Gasteiger partial charge in [-0.2, -0.15) is 0 Å². The van der Waals surface area contributed by atoms with Crippen LogP contribution in [0.3, 0.4) is 0 Å². The quantitative estimate of drug-likeness (QED) is 0.589. The smallest absolute Gasteiger partial charge is 0.350 e. The number of aryl methyl sites for hydroxylation is 2. The minimum atomic E-state index is -3.88. The molecule has 0 atom stereocenters. The molecule has 0 aliphatic rings. The molecule has 1 aromatic carbocycles. The van der Waals surface area contributed by atoms with Gasteiger partial charge in [-0.25, -0.2) is 18.2 Å². The standard InChI is InChI=1S/C19H18N2O6S2/c1-4-26-18(23)16-12(3)20-19(28-16)21-17(22)14-9-10-15(27-14)29(24,25)13-7-5-11(2)6-8-13/h5-10H,4H2,1-3H3,(H,20,21,22). The van der Waals surface area contributed by atoms with E-state index in [1.54, 1.807) is 26.0 Å².